The van der Waals surface area contributed by atoms with Crippen molar-refractivity contribution in [3.05, 3.63) is 65.7 Å². The Morgan fingerprint density at radius 2 is 1.72 bits per heavy atom. The SMILES string of the molecule is CNCC(=O)N[C@H](COCc1ccccc1)C(=O)N1CCC2(CC1)CN(S(C)(=O)=O)c1ccccc12. The minimum Gasteiger partial charge on any atom is -0.374 e. The molecule has 1 saturated heterocycles. The molecule has 10 heteroatoms. The highest BCUT2D eigenvalue weighted by atomic mass is 32.2. The van der Waals surface area contributed by atoms with Crippen LogP contribution in [0.3, 0.4) is 0 Å². The van der Waals surface area contributed by atoms with Gasteiger partial charge in [0.15, 0.2) is 0 Å². The summed E-state index contributed by atoms with van der Waals surface area (Å²) in [7, 11) is -1.73. The molecule has 2 aliphatic heterocycles. The number of hydrogen-bond acceptors (Lipinski definition) is 6. The van der Waals surface area contributed by atoms with Crippen molar-refractivity contribution < 1.29 is 22.7 Å². The summed E-state index contributed by atoms with van der Waals surface area (Å²) in [4.78, 5) is 27.5. The zero-order valence-electron chi connectivity index (χ0n) is 20.8. The van der Waals surface area contributed by atoms with E-state index in [1.165, 1.54) is 10.6 Å². The van der Waals surface area contributed by atoms with Gasteiger partial charge in [-0.15, -0.1) is 0 Å². The van der Waals surface area contributed by atoms with Crippen molar-refractivity contribution in [3.63, 3.8) is 0 Å². The Morgan fingerprint density at radius 3 is 2.39 bits per heavy atom. The van der Waals surface area contributed by atoms with Crippen LogP contribution in [0.2, 0.25) is 0 Å². The number of carbonyl (C=O) groups excluding carboxylic acids is 2. The zero-order chi connectivity index (χ0) is 25.8. The van der Waals surface area contributed by atoms with E-state index in [-0.39, 0.29) is 30.4 Å². The largest absolute Gasteiger partial charge is 0.374 e. The standard InChI is InChI=1S/C26H34N4O5S/c1-27-16-24(31)28-22(18-35-17-20-8-4-3-5-9-20)25(32)29-14-12-26(13-15-29)19-30(36(2,33)34)23-11-7-6-10-21(23)26/h3-11,22,27H,12-19H2,1-2H3,(H,28,31)/t22-/m1/s1. The van der Waals surface area contributed by atoms with E-state index in [9.17, 15) is 18.0 Å². The number of nitrogens with one attached hydrogen (secondary N) is 2. The third-order valence-corrected chi connectivity index (χ3v) is 8.12. The lowest BCUT2D eigenvalue weighted by atomic mass is 9.74. The lowest BCUT2D eigenvalue weighted by Crippen LogP contribution is -2.55. The van der Waals surface area contributed by atoms with Gasteiger partial charge in [-0.1, -0.05) is 48.5 Å². The molecule has 4 rings (SSSR count). The maximum absolute atomic E-state index is 13.5. The number of anilines is 1. The Hall–Kier alpha value is -2.95. The molecule has 0 unspecified atom stereocenters. The van der Waals surface area contributed by atoms with Crippen LogP contribution in [0, 0.1) is 0 Å². The number of para-hydroxylation sites is 1. The Labute approximate surface area is 212 Å². The number of nitrogens with zero attached hydrogens (tertiary/aromatic N) is 2. The third kappa shape index (κ3) is 5.71. The van der Waals surface area contributed by atoms with Crippen LogP contribution in [-0.4, -0.2) is 77.3 Å². The molecule has 2 N–H and O–H groups in total. The van der Waals surface area contributed by atoms with Crippen molar-refractivity contribution >= 4 is 27.5 Å². The minimum atomic E-state index is -3.40. The second-order valence-corrected chi connectivity index (χ2v) is 11.5. The molecule has 1 fully saturated rings. The van der Waals surface area contributed by atoms with Crippen LogP contribution in [0.1, 0.15) is 24.0 Å². The molecular weight excluding hydrogens is 480 g/mol. The van der Waals surface area contributed by atoms with Crippen LogP contribution in [0.15, 0.2) is 54.6 Å². The number of fused-ring (bicyclic) bond motifs is 2. The van der Waals surface area contributed by atoms with Crippen molar-refractivity contribution in [3.8, 4) is 0 Å². The van der Waals surface area contributed by atoms with E-state index in [2.05, 4.69) is 10.6 Å². The van der Waals surface area contributed by atoms with Gasteiger partial charge in [0, 0.05) is 25.0 Å². The molecule has 0 aliphatic carbocycles. The number of ether oxygens (including phenoxy) is 1. The first-order chi connectivity index (χ1) is 17.2. The molecule has 9 nitrogen and oxygen atoms in total. The van der Waals surface area contributed by atoms with Crippen LogP contribution in [-0.2, 0) is 36.4 Å². The van der Waals surface area contributed by atoms with Gasteiger partial charge in [-0.2, -0.15) is 0 Å². The normalized spacial score (nSPS) is 17.6. The molecule has 2 aromatic carbocycles. The minimum absolute atomic E-state index is 0.0650. The monoisotopic (exact) mass is 514 g/mol. The fourth-order valence-corrected chi connectivity index (χ4v) is 6.13. The predicted octanol–water partition coefficient (Wildman–Crippen LogP) is 1.25. The van der Waals surface area contributed by atoms with Crippen LogP contribution in [0.5, 0.6) is 0 Å². The number of carbonyl (C=O) groups is 2. The maximum atomic E-state index is 13.5. The third-order valence-electron chi connectivity index (χ3n) is 6.99. The van der Waals surface area contributed by atoms with Crippen molar-refractivity contribution in [1.82, 2.24) is 15.5 Å². The molecule has 1 atom stereocenters. The van der Waals surface area contributed by atoms with E-state index in [0.717, 1.165) is 16.8 Å². The first-order valence-corrected chi connectivity index (χ1v) is 14.0. The maximum Gasteiger partial charge on any atom is 0.247 e. The van der Waals surface area contributed by atoms with E-state index < -0.39 is 16.1 Å². The Kier molecular flexibility index (Phi) is 7.97. The molecule has 0 saturated carbocycles. The summed E-state index contributed by atoms with van der Waals surface area (Å²) >= 11 is 0. The van der Waals surface area contributed by atoms with Crippen molar-refractivity contribution in [2.24, 2.45) is 0 Å². The number of piperidine rings is 1. The van der Waals surface area contributed by atoms with Gasteiger partial charge in [0.1, 0.15) is 6.04 Å². The lowest BCUT2D eigenvalue weighted by molar-refractivity contribution is -0.139. The summed E-state index contributed by atoms with van der Waals surface area (Å²) in [6.45, 7) is 1.84. The molecule has 194 valence electrons. The molecule has 2 heterocycles. The number of likely N-dealkylation sites (tertiary alicyclic amines) is 1. The van der Waals surface area contributed by atoms with Crippen LogP contribution in [0.25, 0.3) is 0 Å². The second kappa shape index (κ2) is 11.0. The fraction of sp³-hybridized carbons (Fsp3) is 0.462. The van der Waals surface area contributed by atoms with E-state index >= 15 is 0 Å². The summed E-state index contributed by atoms with van der Waals surface area (Å²) in [5.74, 6) is -0.463. The van der Waals surface area contributed by atoms with Crippen molar-refractivity contribution in [2.75, 3.05) is 50.4 Å². The van der Waals surface area contributed by atoms with Gasteiger partial charge >= 0.3 is 0 Å². The van der Waals surface area contributed by atoms with Gasteiger partial charge < -0.3 is 20.3 Å². The zero-order valence-corrected chi connectivity index (χ0v) is 21.6. The van der Waals surface area contributed by atoms with Crippen LogP contribution >= 0.6 is 0 Å². The van der Waals surface area contributed by atoms with E-state index in [4.69, 9.17) is 4.74 Å². The van der Waals surface area contributed by atoms with Crippen molar-refractivity contribution in [1.29, 1.82) is 0 Å². The average Bonchev–Trinajstić information content (AvgIpc) is 3.19. The highest BCUT2D eigenvalue weighted by Crippen LogP contribution is 2.47. The van der Waals surface area contributed by atoms with Crippen molar-refractivity contribution in [2.45, 2.75) is 30.9 Å². The number of rotatable bonds is 9. The molecule has 0 aromatic heterocycles. The quantitative estimate of drug-likeness (QED) is 0.522. The summed E-state index contributed by atoms with van der Waals surface area (Å²) in [5, 5.41) is 5.60. The van der Waals surface area contributed by atoms with Gasteiger partial charge in [0.25, 0.3) is 0 Å². The fourth-order valence-electron chi connectivity index (χ4n) is 5.13. The second-order valence-electron chi connectivity index (χ2n) is 9.54. The van der Waals surface area contributed by atoms with E-state index in [1.54, 1.807) is 11.9 Å². The average molecular weight is 515 g/mol. The number of likely N-dealkylation sites (N-methyl/N-ethyl adjacent to an activating group) is 1. The number of hydrogen-bond donors (Lipinski definition) is 2. The highest BCUT2D eigenvalue weighted by Gasteiger charge is 2.47. The predicted molar refractivity (Wildman–Crippen MR) is 138 cm³/mol. The summed E-state index contributed by atoms with van der Waals surface area (Å²) in [5.41, 5.74) is 2.41. The number of benzene rings is 2. The van der Waals surface area contributed by atoms with Gasteiger partial charge in [-0.3, -0.25) is 13.9 Å². The molecule has 36 heavy (non-hydrogen) atoms. The lowest BCUT2D eigenvalue weighted by Gasteiger charge is -2.40. The molecule has 2 aromatic rings. The molecular formula is C26H34N4O5S. The topological polar surface area (TPSA) is 108 Å². The summed E-state index contributed by atoms with van der Waals surface area (Å²) in [6.07, 6.45) is 2.52. The molecule has 0 bridgehead atoms. The first-order valence-electron chi connectivity index (χ1n) is 12.2. The van der Waals surface area contributed by atoms with E-state index in [0.29, 0.717) is 39.1 Å². The van der Waals surface area contributed by atoms with Gasteiger partial charge in [0.2, 0.25) is 21.8 Å². The Morgan fingerprint density at radius 1 is 1.06 bits per heavy atom. The Bertz CT molecular complexity index is 1180. The smallest absolute Gasteiger partial charge is 0.247 e. The van der Waals surface area contributed by atoms with Gasteiger partial charge in [-0.25, -0.2) is 8.42 Å². The summed E-state index contributed by atoms with van der Waals surface area (Å²) in [6, 6.07) is 16.5. The summed E-state index contributed by atoms with van der Waals surface area (Å²) < 4.78 is 32.2. The molecule has 0 radical (unpaired) electrons. The van der Waals surface area contributed by atoms with Gasteiger partial charge in [-0.05, 0) is 37.1 Å². The molecule has 2 aliphatic rings. The molecule has 2 amide bonds. The highest BCUT2D eigenvalue weighted by molar-refractivity contribution is 7.92. The number of sulfonamides is 1. The Balaban J connectivity index is 1.44. The molecule has 1 spiro atoms. The first kappa shape index (κ1) is 26.1. The van der Waals surface area contributed by atoms with Crippen LogP contribution in [0.4, 0.5) is 5.69 Å². The number of amides is 2. The van der Waals surface area contributed by atoms with Crippen LogP contribution < -0.4 is 14.9 Å². The van der Waals surface area contributed by atoms with E-state index in [1.807, 2.05) is 54.6 Å². The van der Waals surface area contributed by atoms with Gasteiger partial charge in [0.05, 0.1) is 31.7 Å².